The van der Waals surface area contributed by atoms with Gasteiger partial charge in [0.25, 0.3) is 0 Å². The van der Waals surface area contributed by atoms with Gasteiger partial charge in [-0.05, 0) is 42.3 Å². The molecule has 1 N–H and O–H groups in total. The second kappa shape index (κ2) is 6.57. The van der Waals surface area contributed by atoms with Crippen molar-refractivity contribution in [2.45, 2.75) is 13.5 Å². The summed E-state index contributed by atoms with van der Waals surface area (Å²) in [6, 6.07) is 13.5. The van der Waals surface area contributed by atoms with Gasteiger partial charge in [-0.25, -0.2) is 4.79 Å². The third-order valence-electron chi connectivity index (χ3n) is 2.98. The van der Waals surface area contributed by atoms with Crippen molar-refractivity contribution >= 4 is 27.6 Å². The topological polar surface area (TPSA) is 38.3 Å². The van der Waals surface area contributed by atoms with E-state index in [2.05, 4.69) is 46.4 Å². The van der Waals surface area contributed by atoms with E-state index in [1.165, 1.54) is 18.2 Å². The number of benzene rings is 2. The van der Waals surface area contributed by atoms with Gasteiger partial charge in [-0.3, -0.25) is 0 Å². The van der Waals surface area contributed by atoms with Crippen LogP contribution in [0, 0.1) is 6.92 Å². The molecule has 2 aromatic carbocycles. The van der Waals surface area contributed by atoms with E-state index >= 15 is 0 Å². The van der Waals surface area contributed by atoms with E-state index in [1.54, 1.807) is 12.1 Å². The zero-order valence-electron chi connectivity index (χ0n) is 11.4. The second-order valence-electron chi connectivity index (χ2n) is 4.52. The van der Waals surface area contributed by atoms with Crippen molar-refractivity contribution in [2.24, 2.45) is 0 Å². The number of anilines is 1. The number of halogens is 1. The van der Waals surface area contributed by atoms with Crippen molar-refractivity contribution in [1.29, 1.82) is 0 Å². The summed E-state index contributed by atoms with van der Waals surface area (Å²) >= 11 is 3.56. The van der Waals surface area contributed by atoms with E-state index in [1.807, 2.05) is 12.1 Å². The van der Waals surface area contributed by atoms with E-state index in [0.717, 1.165) is 10.2 Å². The van der Waals surface area contributed by atoms with Gasteiger partial charge in [0.1, 0.15) is 0 Å². The fourth-order valence-corrected chi connectivity index (χ4v) is 2.50. The van der Waals surface area contributed by atoms with E-state index in [9.17, 15) is 4.79 Å². The smallest absolute Gasteiger partial charge is 0.337 e. The number of rotatable bonds is 4. The fraction of sp³-hybridized carbons (Fsp3) is 0.188. The Labute approximate surface area is 127 Å². The third kappa shape index (κ3) is 3.61. The van der Waals surface area contributed by atoms with Crippen LogP contribution in [0.2, 0.25) is 0 Å². The molecule has 0 amide bonds. The summed E-state index contributed by atoms with van der Waals surface area (Å²) in [5.74, 6) is -0.329. The van der Waals surface area contributed by atoms with Gasteiger partial charge in [-0.2, -0.15) is 0 Å². The van der Waals surface area contributed by atoms with E-state index in [-0.39, 0.29) is 5.97 Å². The molecule has 0 saturated heterocycles. The molecule has 0 fully saturated rings. The highest BCUT2D eigenvalue weighted by atomic mass is 79.9. The fourth-order valence-electron chi connectivity index (χ4n) is 1.87. The maximum Gasteiger partial charge on any atom is 0.337 e. The minimum Gasteiger partial charge on any atom is -0.465 e. The van der Waals surface area contributed by atoms with Gasteiger partial charge in [0.05, 0.1) is 12.7 Å². The van der Waals surface area contributed by atoms with Crippen molar-refractivity contribution in [2.75, 3.05) is 12.4 Å². The molecule has 0 radical (unpaired) electrons. The lowest BCUT2D eigenvalue weighted by atomic mass is 10.1. The van der Waals surface area contributed by atoms with Crippen LogP contribution in [0.4, 0.5) is 5.69 Å². The Kier molecular flexibility index (Phi) is 4.79. The van der Waals surface area contributed by atoms with Gasteiger partial charge < -0.3 is 10.1 Å². The second-order valence-corrected chi connectivity index (χ2v) is 5.38. The zero-order valence-corrected chi connectivity index (χ0v) is 13.0. The first-order valence-corrected chi connectivity index (χ1v) is 7.06. The van der Waals surface area contributed by atoms with Gasteiger partial charge in [-0.1, -0.05) is 34.1 Å². The maximum atomic E-state index is 11.5. The van der Waals surface area contributed by atoms with Gasteiger partial charge in [-0.15, -0.1) is 0 Å². The van der Waals surface area contributed by atoms with Crippen LogP contribution in [0.3, 0.4) is 0 Å². The number of aryl methyl sites for hydroxylation is 1. The van der Waals surface area contributed by atoms with Crippen molar-refractivity contribution in [3.8, 4) is 0 Å². The number of carbonyl (C=O) groups excluding carboxylic acids is 1. The average molecular weight is 334 g/mol. The molecule has 0 aliphatic carbocycles. The molecule has 4 heteroatoms. The number of hydrogen-bond acceptors (Lipinski definition) is 3. The monoisotopic (exact) mass is 333 g/mol. The van der Waals surface area contributed by atoms with Crippen LogP contribution in [0.1, 0.15) is 21.5 Å². The first kappa shape index (κ1) is 14.6. The summed E-state index contributed by atoms with van der Waals surface area (Å²) in [6.07, 6.45) is 0. The molecule has 0 aliphatic heterocycles. The number of carbonyl (C=O) groups is 1. The molecule has 2 rings (SSSR count). The Balaban J connectivity index is 2.09. The molecule has 0 aliphatic rings. The highest BCUT2D eigenvalue weighted by Crippen LogP contribution is 2.20. The van der Waals surface area contributed by atoms with Gasteiger partial charge in [0.2, 0.25) is 0 Å². The van der Waals surface area contributed by atoms with E-state index in [0.29, 0.717) is 12.1 Å². The molecule has 0 aromatic heterocycles. The normalized spacial score (nSPS) is 10.2. The Morgan fingerprint density at radius 2 is 2.05 bits per heavy atom. The lowest BCUT2D eigenvalue weighted by Gasteiger charge is -2.10. The van der Waals surface area contributed by atoms with Crippen molar-refractivity contribution in [1.82, 2.24) is 0 Å². The van der Waals surface area contributed by atoms with Crippen molar-refractivity contribution in [3.05, 3.63) is 63.6 Å². The van der Waals surface area contributed by atoms with Crippen LogP contribution in [-0.4, -0.2) is 13.1 Å². The highest BCUT2D eigenvalue weighted by molar-refractivity contribution is 9.10. The van der Waals surface area contributed by atoms with Crippen molar-refractivity contribution < 1.29 is 9.53 Å². The predicted octanol–water partition coefficient (Wildman–Crippen LogP) is 4.16. The quantitative estimate of drug-likeness (QED) is 0.854. The van der Waals surface area contributed by atoms with Crippen LogP contribution in [0.25, 0.3) is 0 Å². The van der Waals surface area contributed by atoms with Gasteiger partial charge in [0.15, 0.2) is 0 Å². The summed E-state index contributed by atoms with van der Waals surface area (Å²) in [6.45, 7) is 2.74. The van der Waals surface area contributed by atoms with E-state index < -0.39 is 0 Å². The number of nitrogens with one attached hydrogen (secondary N) is 1. The average Bonchev–Trinajstić information content (AvgIpc) is 2.46. The lowest BCUT2D eigenvalue weighted by Crippen LogP contribution is -2.04. The highest BCUT2D eigenvalue weighted by Gasteiger charge is 2.06. The molecule has 0 unspecified atom stereocenters. The number of esters is 1. The summed E-state index contributed by atoms with van der Waals surface area (Å²) in [5.41, 5.74) is 3.81. The molecular formula is C16H16BrNO2. The third-order valence-corrected chi connectivity index (χ3v) is 3.71. The molecule has 3 nitrogen and oxygen atoms in total. The van der Waals surface area contributed by atoms with E-state index in [4.69, 9.17) is 4.74 Å². The number of methoxy groups -OCH3 is 1. The Bertz CT molecular complexity index is 626. The largest absolute Gasteiger partial charge is 0.465 e. The Morgan fingerprint density at radius 3 is 2.75 bits per heavy atom. The standard InChI is InChI=1S/C16H16BrNO2/c1-11-6-7-13(15(17)8-11)10-18-14-5-3-4-12(9-14)16(19)20-2/h3-9,18H,10H2,1-2H3. The molecule has 0 bridgehead atoms. The first-order chi connectivity index (χ1) is 9.60. The summed E-state index contributed by atoms with van der Waals surface area (Å²) < 4.78 is 5.79. The molecule has 20 heavy (non-hydrogen) atoms. The summed E-state index contributed by atoms with van der Waals surface area (Å²) in [4.78, 5) is 11.5. The van der Waals surface area contributed by atoms with Gasteiger partial charge >= 0.3 is 5.97 Å². The van der Waals surface area contributed by atoms with Crippen LogP contribution in [0.5, 0.6) is 0 Å². The maximum absolute atomic E-state index is 11.5. The SMILES string of the molecule is COC(=O)c1cccc(NCc2ccc(C)cc2Br)c1. The number of hydrogen-bond donors (Lipinski definition) is 1. The number of ether oxygens (including phenoxy) is 1. The lowest BCUT2D eigenvalue weighted by molar-refractivity contribution is 0.0601. The Morgan fingerprint density at radius 1 is 1.25 bits per heavy atom. The predicted molar refractivity (Wildman–Crippen MR) is 84.0 cm³/mol. The molecule has 0 saturated carbocycles. The summed E-state index contributed by atoms with van der Waals surface area (Å²) in [7, 11) is 1.38. The van der Waals surface area contributed by atoms with Crippen LogP contribution >= 0.6 is 15.9 Å². The van der Waals surface area contributed by atoms with Crippen molar-refractivity contribution in [3.63, 3.8) is 0 Å². The molecular weight excluding hydrogens is 318 g/mol. The minimum absolute atomic E-state index is 0.329. The van der Waals surface area contributed by atoms with Crippen LogP contribution in [0.15, 0.2) is 46.9 Å². The minimum atomic E-state index is -0.329. The molecule has 104 valence electrons. The first-order valence-electron chi connectivity index (χ1n) is 6.27. The molecule has 0 spiro atoms. The van der Waals surface area contributed by atoms with Gasteiger partial charge in [0, 0.05) is 16.7 Å². The molecule has 0 heterocycles. The summed E-state index contributed by atoms with van der Waals surface area (Å²) in [5, 5.41) is 3.30. The molecule has 2 aromatic rings. The van der Waals surface area contributed by atoms with Crippen LogP contribution < -0.4 is 5.32 Å². The molecule has 0 atom stereocenters. The Hall–Kier alpha value is -1.81. The zero-order chi connectivity index (χ0) is 14.5. The van der Waals surface area contributed by atoms with Crippen LogP contribution in [-0.2, 0) is 11.3 Å².